The number of hydrogen-bond acceptors (Lipinski definition) is 3. The van der Waals surface area contributed by atoms with Crippen LogP contribution in [0.5, 0.6) is 0 Å². The second-order valence-electron chi connectivity index (χ2n) is 1.89. The molecule has 5 heteroatoms. The van der Waals surface area contributed by atoms with Gasteiger partial charge in [-0.1, -0.05) is 18.7 Å². The fourth-order valence-corrected chi connectivity index (χ4v) is 2.53. The van der Waals surface area contributed by atoms with E-state index in [1.807, 2.05) is 0 Å². The fraction of sp³-hybridized carbons (Fsp3) is 0.833. The molecule has 1 nitrogen and oxygen atoms in total. The molecule has 0 saturated carbocycles. The van der Waals surface area contributed by atoms with Crippen molar-refractivity contribution in [2.45, 2.75) is 16.4 Å². The number of hydrogen-bond donors (Lipinski definition) is 1. The lowest BCUT2D eigenvalue weighted by Crippen LogP contribution is -3.43. The third-order valence-corrected chi connectivity index (χ3v) is 4.23. The lowest BCUT2D eigenvalue weighted by atomic mass is 10.3. The number of thioether (sulfide) groups is 1. The second kappa shape index (κ2) is 5.64. The molecule has 0 N–H and O–H groups in total. The molecule has 0 aromatic heterocycles. The Labute approximate surface area is 89.4 Å². The van der Waals surface area contributed by atoms with Crippen molar-refractivity contribution in [2.24, 2.45) is 0 Å². The number of ketones is 1. The summed E-state index contributed by atoms with van der Waals surface area (Å²) in [5.41, 5.74) is 0. The van der Waals surface area contributed by atoms with Gasteiger partial charge in [0.2, 0.25) is 5.78 Å². The highest BCUT2D eigenvalue weighted by molar-refractivity contribution is 8.01. The summed E-state index contributed by atoms with van der Waals surface area (Å²) in [5, 5.41) is 0. The second-order valence-corrected chi connectivity index (χ2v) is 6.00. The van der Waals surface area contributed by atoms with Crippen molar-refractivity contribution in [3.8, 4) is 0 Å². The minimum absolute atomic E-state index is 0.259. The number of thiol groups is 1. The predicted molar refractivity (Wildman–Crippen MR) is 46.8 cm³/mol. The number of alkyl halides is 2. The lowest BCUT2D eigenvalue weighted by Gasteiger charge is -2.06. The van der Waals surface area contributed by atoms with Crippen molar-refractivity contribution >= 4 is 30.2 Å². The van der Waals surface area contributed by atoms with Crippen molar-refractivity contribution in [3.05, 3.63) is 0 Å². The Morgan fingerprint density at radius 1 is 1.82 bits per heavy atom. The molecular weight excluding hydrogens is 298 g/mol. The van der Waals surface area contributed by atoms with Gasteiger partial charge in [0.15, 0.2) is 0 Å². The number of rotatable bonds is 5. The molecule has 1 atom stereocenters. The van der Waals surface area contributed by atoms with Crippen molar-refractivity contribution < 1.29 is 31.8 Å². The number of Topliss-reactive ketones (excluding diaryl/α,β-unsaturated/α-hetero) is 1. The summed E-state index contributed by atoms with van der Waals surface area (Å²) >= 11 is 6.19. The Morgan fingerprint density at radius 3 is 2.73 bits per heavy atom. The standard InChI is InChI=1S/C6H10FIOS2/c1-2-5(9)6(7,8)11-4-3-10/h8H,2-4H2,1H3/p+1. The summed E-state index contributed by atoms with van der Waals surface area (Å²) in [6.07, 6.45) is 0.259. The Morgan fingerprint density at radius 2 is 2.36 bits per heavy atom. The van der Waals surface area contributed by atoms with E-state index in [0.717, 1.165) is 11.8 Å². The molecule has 0 saturated heterocycles. The van der Waals surface area contributed by atoms with Gasteiger partial charge in [0.1, 0.15) is 0 Å². The number of carbonyl (C=O) groups is 1. The van der Waals surface area contributed by atoms with E-state index in [0.29, 0.717) is 11.5 Å². The molecule has 0 bridgehead atoms. The average Bonchev–Trinajstić information content (AvgIpc) is 1.99. The molecule has 0 rings (SSSR count). The quantitative estimate of drug-likeness (QED) is 0.380. The third-order valence-electron chi connectivity index (χ3n) is 1.03. The van der Waals surface area contributed by atoms with Crippen molar-refractivity contribution in [3.63, 3.8) is 0 Å². The van der Waals surface area contributed by atoms with Gasteiger partial charge in [-0.3, -0.25) is 4.79 Å². The Kier molecular flexibility index (Phi) is 6.17. The predicted octanol–water partition coefficient (Wildman–Crippen LogP) is -1.46. The minimum atomic E-state index is -1.70. The molecule has 11 heavy (non-hydrogen) atoms. The van der Waals surface area contributed by atoms with Crippen LogP contribution in [-0.2, 0) is 4.79 Å². The topological polar surface area (TPSA) is 17.1 Å². The molecule has 0 amide bonds. The summed E-state index contributed by atoms with van der Waals surface area (Å²) in [7, 11) is 0. The van der Waals surface area contributed by atoms with Crippen LogP contribution < -0.4 is 22.6 Å². The fourth-order valence-electron chi connectivity index (χ4n) is 0.469. The largest absolute Gasteiger partial charge is 0.399 e. The summed E-state index contributed by atoms with van der Waals surface area (Å²) < 4.78 is 11.6. The molecule has 0 spiro atoms. The molecule has 0 aromatic carbocycles. The molecule has 1 unspecified atom stereocenters. The summed E-state index contributed by atoms with van der Waals surface area (Å²) in [4.78, 5) is 10.9. The van der Waals surface area contributed by atoms with E-state index >= 15 is 0 Å². The van der Waals surface area contributed by atoms with Crippen LogP contribution in [0.25, 0.3) is 0 Å². The summed E-state index contributed by atoms with van der Waals surface area (Å²) in [6, 6.07) is 0. The Bertz CT molecular complexity index is 141. The first kappa shape index (κ1) is 12.0. The zero-order chi connectivity index (χ0) is 8.91. The first-order chi connectivity index (χ1) is 5.04. The maximum absolute atomic E-state index is 13.3. The van der Waals surface area contributed by atoms with Crippen molar-refractivity contribution in [2.75, 3.05) is 11.5 Å². The van der Waals surface area contributed by atoms with Crippen LogP contribution in [0.2, 0.25) is 0 Å². The van der Waals surface area contributed by atoms with E-state index in [9.17, 15) is 9.18 Å². The van der Waals surface area contributed by atoms with Crippen LogP contribution in [0.15, 0.2) is 0 Å². The van der Waals surface area contributed by atoms with Gasteiger partial charge in [-0.25, -0.2) is 0 Å². The molecule has 0 aliphatic heterocycles. The highest BCUT2D eigenvalue weighted by Gasteiger charge is 2.43. The SMILES string of the molecule is CCC(=O)C(F)([IH+])SCCS. The zero-order valence-electron chi connectivity index (χ0n) is 6.17. The van der Waals surface area contributed by atoms with E-state index in [2.05, 4.69) is 12.6 Å². The van der Waals surface area contributed by atoms with Gasteiger partial charge in [0.05, 0.1) is 0 Å². The third kappa shape index (κ3) is 4.57. The van der Waals surface area contributed by atoms with Crippen molar-refractivity contribution in [1.82, 2.24) is 0 Å². The molecule has 0 heterocycles. The molecule has 0 fully saturated rings. The lowest BCUT2D eigenvalue weighted by molar-refractivity contribution is -0.460. The van der Waals surface area contributed by atoms with Crippen LogP contribution >= 0.6 is 24.4 Å². The summed E-state index contributed by atoms with van der Waals surface area (Å²) in [5.74, 6) is 0.835. The van der Waals surface area contributed by atoms with Gasteiger partial charge < -0.3 is 0 Å². The van der Waals surface area contributed by atoms with Crippen LogP contribution in [0.4, 0.5) is 4.39 Å². The van der Waals surface area contributed by atoms with Crippen molar-refractivity contribution in [1.29, 1.82) is 0 Å². The minimum Gasteiger partial charge on any atom is -0.290 e. The van der Waals surface area contributed by atoms with Crippen LogP contribution in [0.1, 0.15) is 13.3 Å². The van der Waals surface area contributed by atoms with Crippen LogP contribution in [0, 0.1) is 0 Å². The first-order valence-electron chi connectivity index (χ1n) is 3.22. The molecule has 66 valence electrons. The molecule has 0 radical (unpaired) electrons. The van der Waals surface area contributed by atoms with Crippen LogP contribution in [-0.4, -0.2) is 20.3 Å². The number of carbonyl (C=O) groups excluding carboxylic acids is 1. The normalized spacial score (nSPS) is 16.0. The smallest absolute Gasteiger partial charge is 0.290 e. The van der Waals surface area contributed by atoms with Gasteiger partial charge >= 0.3 is 25.6 Å². The maximum Gasteiger partial charge on any atom is 0.399 e. The van der Waals surface area contributed by atoms with Crippen LogP contribution in [0.3, 0.4) is 0 Å². The maximum atomic E-state index is 13.3. The van der Waals surface area contributed by atoms with E-state index in [4.69, 9.17) is 0 Å². The number of halogens is 2. The van der Waals surface area contributed by atoms with E-state index < -0.39 is 3.01 Å². The van der Waals surface area contributed by atoms with Gasteiger partial charge in [-0.2, -0.15) is 17.0 Å². The highest BCUT2D eigenvalue weighted by Crippen LogP contribution is 2.19. The monoisotopic (exact) mass is 309 g/mol. The average molecular weight is 309 g/mol. The Hall–Kier alpha value is 1.03. The molecule has 0 aromatic rings. The van der Waals surface area contributed by atoms with E-state index in [-0.39, 0.29) is 12.2 Å². The van der Waals surface area contributed by atoms with Gasteiger partial charge in [-0.15, -0.1) is 0 Å². The van der Waals surface area contributed by atoms with Gasteiger partial charge in [0.25, 0.3) is 0 Å². The highest BCUT2D eigenvalue weighted by atomic mass is 127. The van der Waals surface area contributed by atoms with Gasteiger partial charge in [0, 0.05) is 12.2 Å². The molecule has 0 aliphatic rings. The van der Waals surface area contributed by atoms with Gasteiger partial charge in [-0.05, 0) is 5.75 Å². The van der Waals surface area contributed by atoms with E-state index in [1.165, 1.54) is 22.6 Å². The zero-order valence-corrected chi connectivity index (χ0v) is 10.2. The van der Waals surface area contributed by atoms with E-state index in [1.54, 1.807) is 6.92 Å². The molecular formula is C6H11FIOS2+. The Balaban J connectivity index is 3.88. The molecule has 0 aliphatic carbocycles. The first-order valence-corrected chi connectivity index (χ1v) is 6.00. The summed E-state index contributed by atoms with van der Waals surface area (Å²) in [6.45, 7) is 1.67.